The molecule has 0 amide bonds. The molecule has 100 valence electrons. The van der Waals surface area contributed by atoms with Crippen molar-refractivity contribution >= 4 is 11.8 Å². The highest BCUT2D eigenvalue weighted by Gasteiger charge is 2.39. The SMILES string of the molecule is NCC1(O)CCCC1CCSCC1CCCO1. The Morgan fingerprint density at radius 1 is 1.35 bits per heavy atom. The number of thioether (sulfide) groups is 1. The fourth-order valence-electron chi connectivity index (χ4n) is 3.03. The Morgan fingerprint density at radius 3 is 2.94 bits per heavy atom. The maximum absolute atomic E-state index is 10.3. The summed E-state index contributed by atoms with van der Waals surface area (Å²) in [4.78, 5) is 0. The van der Waals surface area contributed by atoms with Gasteiger partial charge in [-0.2, -0.15) is 11.8 Å². The van der Waals surface area contributed by atoms with Crippen LogP contribution in [0.4, 0.5) is 0 Å². The molecule has 3 unspecified atom stereocenters. The van der Waals surface area contributed by atoms with Crippen LogP contribution in [0.15, 0.2) is 0 Å². The van der Waals surface area contributed by atoms with E-state index in [0.717, 1.165) is 43.8 Å². The minimum atomic E-state index is -0.565. The number of hydrogen-bond acceptors (Lipinski definition) is 4. The van der Waals surface area contributed by atoms with Gasteiger partial charge >= 0.3 is 0 Å². The Kier molecular flexibility index (Phi) is 5.15. The van der Waals surface area contributed by atoms with Crippen molar-refractivity contribution in [1.82, 2.24) is 0 Å². The van der Waals surface area contributed by atoms with Crippen LogP contribution >= 0.6 is 11.8 Å². The van der Waals surface area contributed by atoms with E-state index in [1.54, 1.807) is 0 Å². The van der Waals surface area contributed by atoms with Gasteiger partial charge in [0.15, 0.2) is 0 Å². The molecule has 0 aromatic rings. The predicted octanol–water partition coefficient (Wildman–Crippen LogP) is 1.78. The van der Waals surface area contributed by atoms with E-state index in [9.17, 15) is 5.11 Å². The van der Waals surface area contributed by atoms with E-state index in [-0.39, 0.29) is 0 Å². The molecule has 1 saturated carbocycles. The Morgan fingerprint density at radius 2 is 2.24 bits per heavy atom. The Hall–Kier alpha value is 0.230. The van der Waals surface area contributed by atoms with E-state index in [1.807, 2.05) is 11.8 Å². The molecule has 17 heavy (non-hydrogen) atoms. The summed E-state index contributed by atoms with van der Waals surface area (Å²) in [6.07, 6.45) is 7.21. The molecule has 1 heterocycles. The summed E-state index contributed by atoms with van der Waals surface area (Å²) in [6, 6.07) is 0. The lowest BCUT2D eigenvalue weighted by atomic mass is 9.89. The molecule has 4 heteroatoms. The van der Waals surface area contributed by atoms with E-state index in [2.05, 4.69) is 0 Å². The van der Waals surface area contributed by atoms with E-state index >= 15 is 0 Å². The molecule has 0 radical (unpaired) electrons. The van der Waals surface area contributed by atoms with Crippen molar-refractivity contribution in [3.05, 3.63) is 0 Å². The van der Waals surface area contributed by atoms with Crippen LogP contribution in [0.2, 0.25) is 0 Å². The molecule has 0 bridgehead atoms. The topological polar surface area (TPSA) is 55.5 Å². The molecule has 1 aliphatic heterocycles. The summed E-state index contributed by atoms with van der Waals surface area (Å²) in [5.41, 5.74) is 5.12. The second-order valence-electron chi connectivity index (χ2n) is 5.40. The van der Waals surface area contributed by atoms with Crippen LogP contribution < -0.4 is 5.73 Å². The van der Waals surface area contributed by atoms with Gasteiger partial charge in [0, 0.05) is 18.9 Å². The predicted molar refractivity (Wildman–Crippen MR) is 72.3 cm³/mol. The lowest BCUT2D eigenvalue weighted by Crippen LogP contribution is -2.41. The molecule has 1 aliphatic carbocycles. The van der Waals surface area contributed by atoms with Crippen molar-refractivity contribution in [2.75, 3.05) is 24.7 Å². The number of nitrogens with two attached hydrogens (primary N) is 1. The summed E-state index contributed by atoms with van der Waals surface area (Å²) in [5.74, 6) is 2.67. The number of ether oxygens (including phenoxy) is 1. The van der Waals surface area contributed by atoms with Crippen LogP contribution in [-0.4, -0.2) is 41.5 Å². The van der Waals surface area contributed by atoms with Gasteiger partial charge in [-0.05, 0) is 43.8 Å². The van der Waals surface area contributed by atoms with Gasteiger partial charge in [0.1, 0.15) is 0 Å². The van der Waals surface area contributed by atoms with Crippen LogP contribution in [0.25, 0.3) is 0 Å². The molecule has 1 saturated heterocycles. The smallest absolute Gasteiger partial charge is 0.0797 e. The first-order valence-electron chi connectivity index (χ1n) is 6.86. The number of rotatable bonds is 6. The minimum absolute atomic E-state index is 0.421. The second kappa shape index (κ2) is 6.41. The third kappa shape index (κ3) is 3.60. The molecular formula is C13H25NO2S. The summed E-state index contributed by atoms with van der Waals surface area (Å²) in [5, 5.41) is 10.3. The first kappa shape index (κ1) is 13.7. The minimum Gasteiger partial charge on any atom is -0.388 e. The Bertz CT molecular complexity index is 233. The Labute approximate surface area is 108 Å². The fourth-order valence-corrected chi connectivity index (χ4v) is 4.17. The highest BCUT2D eigenvalue weighted by molar-refractivity contribution is 7.99. The van der Waals surface area contributed by atoms with Gasteiger partial charge < -0.3 is 15.6 Å². The van der Waals surface area contributed by atoms with E-state index in [1.165, 1.54) is 12.8 Å². The van der Waals surface area contributed by atoms with E-state index < -0.39 is 5.60 Å². The van der Waals surface area contributed by atoms with E-state index in [4.69, 9.17) is 10.5 Å². The molecule has 3 N–H and O–H groups in total. The standard InChI is InChI=1S/C13H25NO2S/c14-10-13(15)6-1-3-11(13)5-8-17-9-12-4-2-7-16-12/h11-12,15H,1-10,14H2. The largest absolute Gasteiger partial charge is 0.388 e. The Balaban J connectivity index is 1.61. The normalized spacial score (nSPS) is 37.8. The van der Waals surface area contributed by atoms with Crippen LogP contribution in [-0.2, 0) is 4.74 Å². The lowest BCUT2D eigenvalue weighted by Gasteiger charge is -2.28. The van der Waals surface area contributed by atoms with Crippen LogP contribution in [0.3, 0.4) is 0 Å². The van der Waals surface area contributed by atoms with Gasteiger partial charge in [-0.1, -0.05) is 6.42 Å². The van der Waals surface area contributed by atoms with Crippen molar-refractivity contribution in [1.29, 1.82) is 0 Å². The number of aliphatic hydroxyl groups is 1. The van der Waals surface area contributed by atoms with Gasteiger partial charge in [-0.25, -0.2) is 0 Å². The molecule has 2 aliphatic rings. The molecular weight excluding hydrogens is 234 g/mol. The first-order chi connectivity index (χ1) is 8.24. The molecule has 0 spiro atoms. The number of hydrogen-bond donors (Lipinski definition) is 2. The van der Waals surface area contributed by atoms with Crippen molar-refractivity contribution < 1.29 is 9.84 Å². The van der Waals surface area contributed by atoms with Gasteiger partial charge in [0.05, 0.1) is 11.7 Å². The zero-order valence-corrected chi connectivity index (χ0v) is 11.4. The molecule has 3 nitrogen and oxygen atoms in total. The highest BCUT2D eigenvalue weighted by atomic mass is 32.2. The summed E-state index contributed by atoms with van der Waals surface area (Å²) < 4.78 is 5.60. The summed E-state index contributed by atoms with van der Waals surface area (Å²) in [6.45, 7) is 1.37. The van der Waals surface area contributed by atoms with Gasteiger partial charge in [-0.3, -0.25) is 0 Å². The summed E-state index contributed by atoms with van der Waals surface area (Å²) in [7, 11) is 0. The van der Waals surface area contributed by atoms with Gasteiger partial charge in [-0.15, -0.1) is 0 Å². The maximum atomic E-state index is 10.3. The molecule has 2 rings (SSSR count). The molecule has 0 aromatic heterocycles. The average Bonchev–Trinajstić information content (AvgIpc) is 2.95. The zero-order chi connectivity index (χ0) is 12.1. The van der Waals surface area contributed by atoms with Crippen molar-refractivity contribution in [3.8, 4) is 0 Å². The third-order valence-electron chi connectivity index (χ3n) is 4.21. The first-order valence-corrected chi connectivity index (χ1v) is 8.02. The van der Waals surface area contributed by atoms with Crippen molar-refractivity contribution in [2.24, 2.45) is 11.7 Å². The van der Waals surface area contributed by atoms with Crippen molar-refractivity contribution in [2.45, 2.75) is 50.2 Å². The molecule has 2 fully saturated rings. The van der Waals surface area contributed by atoms with Crippen molar-refractivity contribution in [3.63, 3.8) is 0 Å². The van der Waals surface area contributed by atoms with Gasteiger partial charge in [0.25, 0.3) is 0 Å². The van der Waals surface area contributed by atoms with Gasteiger partial charge in [0.2, 0.25) is 0 Å². The highest BCUT2D eigenvalue weighted by Crippen LogP contribution is 2.37. The van der Waals surface area contributed by atoms with Crippen LogP contribution in [0.1, 0.15) is 38.5 Å². The van der Waals surface area contributed by atoms with Crippen LogP contribution in [0, 0.1) is 5.92 Å². The van der Waals surface area contributed by atoms with Crippen LogP contribution in [0.5, 0.6) is 0 Å². The maximum Gasteiger partial charge on any atom is 0.0797 e. The molecule has 3 atom stereocenters. The average molecular weight is 259 g/mol. The molecule has 0 aromatic carbocycles. The fraction of sp³-hybridized carbons (Fsp3) is 1.00. The zero-order valence-electron chi connectivity index (χ0n) is 10.6. The second-order valence-corrected chi connectivity index (χ2v) is 6.55. The quantitative estimate of drug-likeness (QED) is 0.714. The lowest BCUT2D eigenvalue weighted by molar-refractivity contribution is 0.0103. The van der Waals surface area contributed by atoms with E-state index in [0.29, 0.717) is 18.6 Å². The summed E-state index contributed by atoms with van der Waals surface area (Å²) >= 11 is 1.97. The monoisotopic (exact) mass is 259 g/mol. The third-order valence-corrected chi connectivity index (χ3v) is 5.35.